The number of aryl methyl sites for hydroxylation is 1. The number of nitrogens with zero attached hydrogens (tertiary/aromatic N) is 1. The number of rotatable bonds is 11. The summed E-state index contributed by atoms with van der Waals surface area (Å²) in [6.45, 7) is 8.27. The Morgan fingerprint density at radius 2 is 1.70 bits per heavy atom. The number of carbonyl (C=O) groups is 3. The fraction of sp³-hybridized carbons (Fsp3) is 0.483. The van der Waals surface area contributed by atoms with Gasteiger partial charge in [-0.25, -0.2) is 0 Å². The van der Waals surface area contributed by atoms with Gasteiger partial charge in [-0.05, 0) is 30.2 Å². The molecule has 222 valence electrons. The number of hydrogen-bond acceptors (Lipinski definition) is 9. The van der Waals surface area contributed by atoms with E-state index in [1.165, 1.54) is 7.11 Å². The van der Waals surface area contributed by atoms with Gasteiger partial charge in [-0.3, -0.25) is 19.3 Å². The van der Waals surface area contributed by atoms with Crippen LogP contribution in [0, 0.1) is 6.92 Å². The number of hydrogen-bond donors (Lipinski definition) is 3. The molecule has 40 heavy (non-hydrogen) atoms. The second kappa shape index (κ2) is 20.3. The Hall–Kier alpha value is -3.67. The third-order valence-electron chi connectivity index (χ3n) is 5.50. The van der Waals surface area contributed by atoms with Crippen LogP contribution in [-0.2, 0) is 30.5 Å². The first-order valence-corrected chi connectivity index (χ1v) is 13.2. The van der Waals surface area contributed by atoms with E-state index in [9.17, 15) is 14.4 Å². The number of ether oxygens (including phenoxy) is 4. The molecule has 3 N–H and O–H groups in total. The summed E-state index contributed by atoms with van der Waals surface area (Å²) in [5.74, 6) is -0.0648. The van der Waals surface area contributed by atoms with Gasteiger partial charge in [-0.1, -0.05) is 50.2 Å². The second-order valence-electron chi connectivity index (χ2n) is 8.41. The Bertz CT molecular complexity index is 1010. The van der Waals surface area contributed by atoms with Crippen LogP contribution < -0.4 is 20.1 Å². The van der Waals surface area contributed by atoms with Crippen molar-refractivity contribution in [1.29, 1.82) is 0 Å². The molecule has 0 saturated carbocycles. The minimum atomic E-state index is -1.09. The molecule has 11 heteroatoms. The van der Waals surface area contributed by atoms with Crippen molar-refractivity contribution >= 4 is 17.8 Å². The Morgan fingerprint density at radius 1 is 1.02 bits per heavy atom. The van der Waals surface area contributed by atoms with E-state index >= 15 is 0 Å². The van der Waals surface area contributed by atoms with Crippen molar-refractivity contribution in [3.63, 3.8) is 0 Å². The lowest BCUT2D eigenvalue weighted by Gasteiger charge is -2.26. The molecule has 1 saturated heterocycles. The molecule has 2 aromatic rings. The maximum atomic E-state index is 11.8. The normalized spacial score (nSPS) is 13.2. The van der Waals surface area contributed by atoms with Gasteiger partial charge >= 0.3 is 5.97 Å². The maximum absolute atomic E-state index is 11.8. The van der Waals surface area contributed by atoms with E-state index in [1.54, 1.807) is 7.11 Å². The number of carbonyl (C=O) groups excluding carboxylic acids is 3. The van der Waals surface area contributed by atoms with Crippen LogP contribution in [0.3, 0.4) is 0 Å². The van der Waals surface area contributed by atoms with Crippen LogP contribution in [0.15, 0.2) is 48.5 Å². The minimum absolute atomic E-state index is 0.129. The van der Waals surface area contributed by atoms with Crippen LogP contribution in [0.2, 0.25) is 0 Å². The number of morpholine rings is 1. The zero-order valence-electron chi connectivity index (χ0n) is 24.1. The average molecular weight is 562 g/mol. The first kappa shape index (κ1) is 34.4. The average Bonchev–Trinajstić information content (AvgIpc) is 2.99. The van der Waals surface area contributed by atoms with Gasteiger partial charge in [0.2, 0.25) is 11.8 Å². The van der Waals surface area contributed by atoms with Gasteiger partial charge in [0.25, 0.3) is 0 Å². The lowest BCUT2D eigenvalue weighted by Crippen LogP contribution is -2.52. The van der Waals surface area contributed by atoms with Gasteiger partial charge in [0.05, 0.1) is 40.6 Å². The van der Waals surface area contributed by atoms with E-state index < -0.39 is 24.5 Å². The summed E-state index contributed by atoms with van der Waals surface area (Å²) >= 11 is 0. The molecule has 1 atom stereocenters. The number of esters is 1. The molecule has 1 fully saturated rings. The van der Waals surface area contributed by atoms with Crippen LogP contribution in [-0.4, -0.2) is 94.1 Å². The summed E-state index contributed by atoms with van der Waals surface area (Å²) in [7, 11) is 2.85. The fourth-order valence-corrected chi connectivity index (χ4v) is 3.38. The van der Waals surface area contributed by atoms with E-state index in [0.717, 1.165) is 22.6 Å². The first-order valence-electron chi connectivity index (χ1n) is 13.2. The fourth-order valence-electron chi connectivity index (χ4n) is 3.38. The van der Waals surface area contributed by atoms with Crippen LogP contribution in [0.5, 0.6) is 11.5 Å². The Kier molecular flexibility index (Phi) is 17.4. The van der Waals surface area contributed by atoms with Gasteiger partial charge in [-0.15, -0.1) is 0 Å². The second-order valence-corrected chi connectivity index (χ2v) is 8.41. The van der Waals surface area contributed by atoms with Crippen molar-refractivity contribution in [1.82, 2.24) is 15.5 Å². The highest BCUT2D eigenvalue weighted by Gasteiger charge is 2.22. The van der Waals surface area contributed by atoms with Crippen LogP contribution in [0.1, 0.15) is 25.0 Å². The van der Waals surface area contributed by atoms with E-state index in [0.29, 0.717) is 32.9 Å². The standard InChI is InChI=1S/C15H16O2.C12H21N3O6.C2H6/c1-12-8-9-14(16-2)15(10-12)17-11-13-6-4-3-5-7-13;1-20-11(18)6-13-12(19)9(8-16)14-10(17)7-15-2-4-21-5-3-15;1-2/h3-10H,11H2,1-2H3;9,16H,2-8H2,1H3,(H,13,19)(H,14,17);1-2H3. The van der Waals surface area contributed by atoms with E-state index in [-0.39, 0.29) is 19.0 Å². The number of nitrogens with one attached hydrogen (secondary N) is 2. The topological polar surface area (TPSA) is 136 Å². The molecule has 1 aliphatic rings. The van der Waals surface area contributed by atoms with Crippen molar-refractivity contribution < 1.29 is 38.4 Å². The van der Waals surface area contributed by atoms with Gasteiger partial charge < -0.3 is 34.7 Å². The van der Waals surface area contributed by atoms with Crippen molar-refractivity contribution in [2.75, 3.05) is 60.2 Å². The SMILES string of the molecule is CC.COC(=O)CNC(=O)C(CO)NC(=O)CN1CCOCC1.COc1ccc(C)cc1OCc1ccccc1. The highest BCUT2D eigenvalue weighted by molar-refractivity contribution is 5.90. The summed E-state index contributed by atoms with van der Waals surface area (Å²) in [4.78, 5) is 36.3. The van der Waals surface area contributed by atoms with Crippen molar-refractivity contribution in [2.45, 2.75) is 33.4 Å². The molecule has 11 nitrogen and oxygen atoms in total. The lowest BCUT2D eigenvalue weighted by molar-refractivity contribution is -0.141. The quantitative estimate of drug-likeness (QED) is 0.350. The summed E-state index contributed by atoms with van der Waals surface area (Å²) in [6.07, 6.45) is 0. The molecular weight excluding hydrogens is 518 g/mol. The maximum Gasteiger partial charge on any atom is 0.325 e. The predicted molar refractivity (Wildman–Crippen MR) is 151 cm³/mol. The largest absolute Gasteiger partial charge is 0.493 e. The van der Waals surface area contributed by atoms with Crippen molar-refractivity contribution in [2.24, 2.45) is 0 Å². The van der Waals surface area contributed by atoms with Crippen LogP contribution >= 0.6 is 0 Å². The molecule has 1 unspecified atom stereocenters. The molecule has 0 spiro atoms. The third kappa shape index (κ3) is 13.4. The van der Waals surface area contributed by atoms with E-state index in [2.05, 4.69) is 15.4 Å². The molecule has 1 aliphatic heterocycles. The monoisotopic (exact) mass is 561 g/mol. The molecule has 0 aromatic heterocycles. The summed E-state index contributed by atoms with van der Waals surface area (Å²) < 4.78 is 20.6. The zero-order chi connectivity index (χ0) is 29.8. The highest BCUT2D eigenvalue weighted by Crippen LogP contribution is 2.28. The van der Waals surface area contributed by atoms with Crippen molar-refractivity contribution in [3.05, 3.63) is 59.7 Å². The van der Waals surface area contributed by atoms with Crippen LogP contribution in [0.25, 0.3) is 0 Å². The zero-order valence-corrected chi connectivity index (χ0v) is 24.1. The molecular formula is C29H43N3O8. The van der Waals surface area contributed by atoms with Gasteiger partial charge in [0.15, 0.2) is 11.5 Å². The predicted octanol–water partition coefficient (Wildman–Crippen LogP) is 1.69. The summed E-state index contributed by atoms with van der Waals surface area (Å²) in [6, 6.07) is 14.9. The Labute approximate surface area is 236 Å². The molecule has 0 bridgehead atoms. The van der Waals surface area contributed by atoms with Gasteiger partial charge in [0.1, 0.15) is 19.2 Å². The highest BCUT2D eigenvalue weighted by atomic mass is 16.5. The minimum Gasteiger partial charge on any atom is -0.493 e. The number of methoxy groups -OCH3 is 2. The summed E-state index contributed by atoms with van der Waals surface area (Å²) in [5.41, 5.74) is 2.31. The number of amides is 2. The molecule has 2 aromatic carbocycles. The summed E-state index contributed by atoms with van der Waals surface area (Å²) in [5, 5.41) is 13.8. The Morgan fingerprint density at radius 3 is 2.30 bits per heavy atom. The number of benzene rings is 2. The van der Waals surface area contributed by atoms with E-state index in [4.69, 9.17) is 19.3 Å². The van der Waals surface area contributed by atoms with Crippen LogP contribution in [0.4, 0.5) is 0 Å². The molecule has 0 radical (unpaired) electrons. The smallest absolute Gasteiger partial charge is 0.325 e. The van der Waals surface area contributed by atoms with Gasteiger partial charge in [0, 0.05) is 13.1 Å². The van der Waals surface area contributed by atoms with Crippen molar-refractivity contribution in [3.8, 4) is 11.5 Å². The molecule has 3 rings (SSSR count). The van der Waals surface area contributed by atoms with E-state index in [1.807, 2.05) is 74.2 Å². The first-order chi connectivity index (χ1) is 19.4. The number of aliphatic hydroxyl groups is 1. The lowest BCUT2D eigenvalue weighted by atomic mass is 10.2. The van der Waals surface area contributed by atoms with Gasteiger partial charge in [-0.2, -0.15) is 0 Å². The number of aliphatic hydroxyl groups excluding tert-OH is 1. The molecule has 0 aliphatic carbocycles. The Balaban J connectivity index is 0.000000383. The molecule has 1 heterocycles. The third-order valence-corrected chi connectivity index (χ3v) is 5.50. The molecule has 2 amide bonds.